The lowest BCUT2D eigenvalue weighted by Gasteiger charge is -2.06. The smallest absolute Gasteiger partial charge is 0.227 e. The Morgan fingerprint density at radius 1 is 1.29 bits per heavy atom. The highest BCUT2D eigenvalue weighted by atomic mass is 32.1. The maximum atomic E-state index is 11.9. The highest BCUT2D eigenvalue weighted by Gasteiger charge is 2.14. The number of anilines is 3. The Morgan fingerprint density at radius 3 is 2.93 bits per heavy atom. The quantitative estimate of drug-likeness (QED) is 0.493. The van der Waals surface area contributed by atoms with Crippen LogP contribution in [0.1, 0.15) is 18.5 Å². The van der Waals surface area contributed by atoms with Gasteiger partial charge < -0.3 is 16.4 Å². The molecule has 10 heteroatoms. The standard InChI is InChI=1S/C18H19N7O2S/c1-11-16(28-18(21-11)24-15(26)6-3-8-19)14-7-9-20-17(23-14)22-12-4-2-5-13(10-12)25-27/h2,4-5,7,9-10H,3,6,8,19H2,1H3,(H,20,22,23)(H,21,24,26). The van der Waals surface area contributed by atoms with Crippen LogP contribution in [0.3, 0.4) is 0 Å². The molecule has 28 heavy (non-hydrogen) atoms. The topological polar surface area (TPSA) is 135 Å². The number of carbonyl (C=O) groups is 1. The number of carbonyl (C=O) groups excluding carboxylic acids is 1. The summed E-state index contributed by atoms with van der Waals surface area (Å²) >= 11 is 1.35. The second kappa shape index (κ2) is 9.11. The molecular formula is C18H19N7O2S. The molecule has 0 unspecified atom stereocenters. The molecule has 0 radical (unpaired) electrons. The van der Waals surface area contributed by atoms with Crippen molar-refractivity contribution < 1.29 is 4.79 Å². The van der Waals surface area contributed by atoms with Gasteiger partial charge in [-0.05, 0) is 49.3 Å². The molecule has 1 amide bonds. The van der Waals surface area contributed by atoms with Gasteiger partial charge in [0, 0.05) is 18.3 Å². The predicted molar refractivity (Wildman–Crippen MR) is 110 cm³/mol. The van der Waals surface area contributed by atoms with E-state index in [4.69, 9.17) is 5.73 Å². The fourth-order valence-electron chi connectivity index (χ4n) is 2.45. The fraction of sp³-hybridized carbons (Fsp3) is 0.222. The minimum atomic E-state index is -0.112. The van der Waals surface area contributed by atoms with E-state index in [9.17, 15) is 9.70 Å². The summed E-state index contributed by atoms with van der Waals surface area (Å²) in [4.78, 5) is 36.5. The van der Waals surface area contributed by atoms with Gasteiger partial charge in [-0.25, -0.2) is 15.0 Å². The van der Waals surface area contributed by atoms with Gasteiger partial charge in [-0.1, -0.05) is 17.4 Å². The Hall–Kier alpha value is -3.24. The lowest BCUT2D eigenvalue weighted by atomic mass is 10.3. The number of benzene rings is 1. The average Bonchev–Trinajstić information content (AvgIpc) is 3.06. The first-order chi connectivity index (χ1) is 13.6. The van der Waals surface area contributed by atoms with Crippen molar-refractivity contribution in [3.63, 3.8) is 0 Å². The van der Waals surface area contributed by atoms with Crippen LogP contribution in [0.5, 0.6) is 0 Å². The molecular weight excluding hydrogens is 378 g/mol. The van der Waals surface area contributed by atoms with Crippen LogP contribution in [0, 0.1) is 11.8 Å². The van der Waals surface area contributed by atoms with Gasteiger partial charge in [0.05, 0.1) is 16.3 Å². The lowest BCUT2D eigenvalue weighted by molar-refractivity contribution is -0.116. The first-order valence-electron chi connectivity index (χ1n) is 8.60. The van der Waals surface area contributed by atoms with E-state index in [0.717, 1.165) is 10.6 Å². The number of thiazole rings is 1. The van der Waals surface area contributed by atoms with Gasteiger partial charge in [-0.3, -0.25) is 4.79 Å². The molecule has 0 fully saturated rings. The SMILES string of the molecule is Cc1nc(NC(=O)CCCN)sc1-c1ccnc(Nc2cccc(N=O)c2)n1. The van der Waals surface area contributed by atoms with Gasteiger partial charge in [-0.15, -0.1) is 4.91 Å². The minimum absolute atomic E-state index is 0.112. The zero-order valence-corrected chi connectivity index (χ0v) is 16.0. The number of nitrogens with one attached hydrogen (secondary N) is 2. The van der Waals surface area contributed by atoms with Crippen molar-refractivity contribution in [2.24, 2.45) is 10.9 Å². The Balaban J connectivity index is 1.78. The van der Waals surface area contributed by atoms with Crippen LogP contribution < -0.4 is 16.4 Å². The second-order valence-corrected chi connectivity index (χ2v) is 6.91. The number of hydrogen-bond donors (Lipinski definition) is 3. The fourth-order valence-corrected chi connectivity index (χ4v) is 3.40. The van der Waals surface area contributed by atoms with Crippen molar-refractivity contribution in [1.29, 1.82) is 0 Å². The third-order valence-corrected chi connectivity index (χ3v) is 4.84. The molecule has 0 aliphatic carbocycles. The van der Waals surface area contributed by atoms with E-state index in [0.29, 0.717) is 47.5 Å². The number of nitroso groups, excluding NO2 is 1. The van der Waals surface area contributed by atoms with Crippen molar-refractivity contribution in [3.05, 3.63) is 47.1 Å². The van der Waals surface area contributed by atoms with Crippen LogP contribution in [-0.2, 0) is 4.79 Å². The molecule has 0 spiro atoms. The summed E-state index contributed by atoms with van der Waals surface area (Å²) in [6, 6.07) is 8.50. The molecule has 2 aromatic heterocycles. The van der Waals surface area contributed by atoms with E-state index >= 15 is 0 Å². The third kappa shape index (κ3) is 4.93. The molecule has 0 atom stereocenters. The number of nitrogens with two attached hydrogens (primary N) is 1. The van der Waals surface area contributed by atoms with Crippen LogP contribution in [0.25, 0.3) is 10.6 Å². The van der Waals surface area contributed by atoms with E-state index in [2.05, 4.69) is 30.8 Å². The summed E-state index contributed by atoms with van der Waals surface area (Å²) in [5.41, 5.74) is 7.84. The molecule has 9 nitrogen and oxygen atoms in total. The molecule has 144 valence electrons. The van der Waals surface area contributed by atoms with Crippen molar-refractivity contribution in [2.75, 3.05) is 17.2 Å². The normalized spacial score (nSPS) is 10.5. The molecule has 0 bridgehead atoms. The highest BCUT2D eigenvalue weighted by Crippen LogP contribution is 2.32. The number of hydrogen-bond acceptors (Lipinski definition) is 9. The summed E-state index contributed by atoms with van der Waals surface area (Å²) in [6.45, 7) is 2.33. The molecule has 0 saturated carbocycles. The van der Waals surface area contributed by atoms with E-state index in [1.165, 1.54) is 11.3 Å². The van der Waals surface area contributed by atoms with E-state index in [1.54, 1.807) is 36.5 Å². The first kappa shape index (κ1) is 19.5. The van der Waals surface area contributed by atoms with Crippen LogP contribution in [-0.4, -0.2) is 27.4 Å². The predicted octanol–water partition coefficient (Wildman–Crippen LogP) is 3.73. The Morgan fingerprint density at radius 2 is 2.14 bits per heavy atom. The van der Waals surface area contributed by atoms with Gasteiger partial charge in [0.15, 0.2) is 5.13 Å². The number of nitrogens with zero attached hydrogens (tertiary/aromatic N) is 4. The largest absolute Gasteiger partial charge is 0.330 e. The van der Waals surface area contributed by atoms with Crippen LogP contribution in [0.2, 0.25) is 0 Å². The average molecular weight is 397 g/mol. The molecule has 3 rings (SSSR count). The van der Waals surface area contributed by atoms with Crippen LogP contribution in [0.4, 0.5) is 22.5 Å². The number of amides is 1. The lowest BCUT2D eigenvalue weighted by Crippen LogP contribution is -2.13. The van der Waals surface area contributed by atoms with Crippen LogP contribution in [0.15, 0.2) is 41.7 Å². The Kier molecular flexibility index (Phi) is 6.35. The van der Waals surface area contributed by atoms with Crippen LogP contribution >= 0.6 is 11.3 Å². The maximum absolute atomic E-state index is 11.9. The summed E-state index contributed by atoms with van der Waals surface area (Å²) in [6.07, 6.45) is 2.62. The minimum Gasteiger partial charge on any atom is -0.330 e. The summed E-state index contributed by atoms with van der Waals surface area (Å²) in [7, 11) is 0. The summed E-state index contributed by atoms with van der Waals surface area (Å²) < 4.78 is 0. The zero-order chi connectivity index (χ0) is 19.9. The first-order valence-corrected chi connectivity index (χ1v) is 9.42. The maximum Gasteiger partial charge on any atom is 0.227 e. The van der Waals surface area contributed by atoms with Gasteiger partial charge in [0.2, 0.25) is 11.9 Å². The van der Waals surface area contributed by atoms with Gasteiger partial charge in [-0.2, -0.15) is 0 Å². The molecule has 0 aliphatic heterocycles. The van der Waals surface area contributed by atoms with Gasteiger partial charge in [0.1, 0.15) is 5.69 Å². The Bertz CT molecular complexity index is 990. The molecule has 4 N–H and O–H groups in total. The van der Waals surface area contributed by atoms with E-state index in [-0.39, 0.29) is 5.91 Å². The number of aryl methyl sites for hydroxylation is 1. The van der Waals surface area contributed by atoms with Crippen molar-refractivity contribution in [1.82, 2.24) is 15.0 Å². The van der Waals surface area contributed by atoms with Gasteiger partial charge >= 0.3 is 0 Å². The molecule has 1 aromatic carbocycles. The molecule has 3 aromatic rings. The van der Waals surface area contributed by atoms with Gasteiger partial charge in [0.25, 0.3) is 0 Å². The number of aromatic nitrogens is 3. The highest BCUT2D eigenvalue weighted by molar-refractivity contribution is 7.19. The molecule has 2 heterocycles. The van der Waals surface area contributed by atoms with E-state index < -0.39 is 0 Å². The Labute approximate surface area is 165 Å². The summed E-state index contributed by atoms with van der Waals surface area (Å²) in [5.74, 6) is 0.265. The molecule has 0 saturated heterocycles. The van der Waals surface area contributed by atoms with Crippen molar-refractivity contribution in [2.45, 2.75) is 19.8 Å². The number of rotatable bonds is 8. The van der Waals surface area contributed by atoms with Crippen molar-refractivity contribution in [3.8, 4) is 10.6 Å². The zero-order valence-electron chi connectivity index (χ0n) is 15.2. The molecule has 0 aliphatic rings. The second-order valence-electron chi connectivity index (χ2n) is 5.91. The monoisotopic (exact) mass is 397 g/mol. The summed E-state index contributed by atoms with van der Waals surface area (Å²) in [5, 5.41) is 9.28. The third-order valence-electron chi connectivity index (χ3n) is 3.75. The van der Waals surface area contributed by atoms with Crippen molar-refractivity contribution >= 4 is 39.7 Å². The van der Waals surface area contributed by atoms with E-state index in [1.807, 2.05) is 6.92 Å².